The van der Waals surface area contributed by atoms with E-state index in [4.69, 9.17) is 14.2 Å². The second kappa shape index (κ2) is 8.34. The van der Waals surface area contributed by atoms with Crippen molar-refractivity contribution in [1.82, 2.24) is 5.32 Å². The number of fused-ring (bicyclic) bond motifs is 1. The quantitative estimate of drug-likeness (QED) is 0.663. The van der Waals surface area contributed by atoms with Crippen LogP contribution in [0.2, 0.25) is 0 Å². The molecule has 0 fully saturated rings. The molecule has 1 aliphatic heterocycles. The number of ether oxygens (including phenoxy) is 3. The van der Waals surface area contributed by atoms with E-state index in [9.17, 15) is 17.6 Å². The molecule has 0 radical (unpaired) electrons. The largest absolute Gasteiger partial charge is 0.492 e. The first-order valence-corrected chi connectivity index (χ1v) is 10.2. The van der Waals surface area contributed by atoms with Crippen LogP contribution in [0.1, 0.15) is 0 Å². The maximum atomic E-state index is 12.8. The Balaban J connectivity index is 1.55. The fourth-order valence-corrected chi connectivity index (χ4v) is 3.37. The molecule has 0 saturated heterocycles. The third kappa shape index (κ3) is 5.03. The van der Waals surface area contributed by atoms with Gasteiger partial charge in [0.15, 0.2) is 11.5 Å². The van der Waals surface area contributed by atoms with Gasteiger partial charge < -0.3 is 19.5 Å². The average Bonchev–Trinajstić information content (AvgIpc) is 3.11. The summed E-state index contributed by atoms with van der Waals surface area (Å²) in [5.74, 6) is 0.531. The zero-order valence-electron chi connectivity index (χ0n) is 15.1. The van der Waals surface area contributed by atoms with E-state index in [0.29, 0.717) is 22.9 Å². The van der Waals surface area contributed by atoms with Crippen LogP contribution in [0.3, 0.4) is 0 Å². The predicted octanol–water partition coefficient (Wildman–Crippen LogP) is 1.52. The van der Waals surface area contributed by atoms with Gasteiger partial charge in [0.1, 0.15) is 24.7 Å². The average molecular weight is 410 g/mol. The number of amides is 1. The number of benzene rings is 2. The molecule has 1 N–H and O–H groups in total. The molecule has 0 aromatic heterocycles. The summed E-state index contributed by atoms with van der Waals surface area (Å²) in [5, 5.41) is 2.59. The van der Waals surface area contributed by atoms with Crippen molar-refractivity contribution in [3.63, 3.8) is 0 Å². The SMILES string of the molecule is CS(=O)(=O)N(CC(=O)NCCOc1ccc(F)cc1)c1ccc2c(c1)OCO2. The first-order valence-electron chi connectivity index (χ1n) is 8.35. The van der Waals surface area contributed by atoms with Crippen LogP contribution in [0.15, 0.2) is 42.5 Å². The van der Waals surface area contributed by atoms with E-state index < -0.39 is 22.5 Å². The standard InChI is InChI=1S/C18H19FN2O6S/c1-28(23,24)21(14-4-7-16-17(10-14)27-12-26-16)11-18(22)20-8-9-25-15-5-2-13(19)3-6-15/h2-7,10H,8-9,11-12H2,1H3,(H,20,22). The van der Waals surface area contributed by atoms with E-state index in [2.05, 4.69) is 5.32 Å². The minimum atomic E-state index is -3.70. The van der Waals surface area contributed by atoms with E-state index in [1.165, 1.54) is 30.3 Å². The highest BCUT2D eigenvalue weighted by atomic mass is 32.2. The van der Waals surface area contributed by atoms with Crippen molar-refractivity contribution in [3.8, 4) is 17.2 Å². The van der Waals surface area contributed by atoms with Crippen LogP contribution in [-0.4, -0.2) is 47.1 Å². The summed E-state index contributed by atoms with van der Waals surface area (Å²) in [6, 6.07) is 10.1. The molecule has 0 spiro atoms. The lowest BCUT2D eigenvalue weighted by atomic mass is 10.3. The number of hydrogen-bond donors (Lipinski definition) is 1. The topological polar surface area (TPSA) is 94.2 Å². The van der Waals surface area contributed by atoms with Crippen molar-refractivity contribution < 1.29 is 31.8 Å². The van der Waals surface area contributed by atoms with Crippen molar-refractivity contribution >= 4 is 21.6 Å². The Labute approximate surface area is 161 Å². The predicted molar refractivity (Wildman–Crippen MR) is 99.7 cm³/mol. The third-order valence-electron chi connectivity index (χ3n) is 3.84. The van der Waals surface area contributed by atoms with E-state index in [1.54, 1.807) is 12.1 Å². The lowest BCUT2D eigenvalue weighted by Crippen LogP contribution is -2.41. The van der Waals surface area contributed by atoms with Gasteiger partial charge in [0, 0.05) is 6.07 Å². The lowest BCUT2D eigenvalue weighted by Gasteiger charge is -2.22. The smallest absolute Gasteiger partial charge is 0.240 e. The van der Waals surface area contributed by atoms with Crippen LogP contribution in [0.25, 0.3) is 0 Å². The second-order valence-electron chi connectivity index (χ2n) is 5.96. The van der Waals surface area contributed by atoms with E-state index >= 15 is 0 Å². The summed E-state index contributed by atoms with van der Waals surface area (Å²) in [5.41, 5.74) is 0.296. The minimum Gasteiger partial charge on any atom is -0.492 e. The van der Waals surface area contributed by atoms with Gasteiger partial charge >= 0.3 is 0 Å². The molecule has 10 heteroatoms. The fourth-order valence-electron chi connectivity index (χ4n) is 2.52. The highest BCUT2D eigenvalue weighted by Gasteiger charge is 2.23. The summed E-state index contributed by atoms with van der Waals surface area (Å²) in [4.78, 5) is 12.2. The molecule has 0 unspecified atom stereocenters. The van der Waals surface area contributed by atoms with Gasteiger partial charge in [-0.05, 0) is 36.4 Å². The van der Waals surface area contributed by atoms with Crippen molar-refractivity contribution in [2.45, 2.75) is 0 Å². The molecule has 0 aliphatic carbocycles. The molecule has 0 saturated carbocycles. The van der Waals surface area contributed by atoms with E-state index in [1.807, 2.05) is 0 Å². The molecule has 1 heterocycles. The zero-order chi connectivity index (χ0) is 20.1. The van der Waals surface area contributed by atoms with Crippen LogP contribution >= 0.6 is 0 Å². The molecule has 3 rings (SSSR count). The van der Waals surface area contributed by atoms with E-state index in [0.717, 1.165) is 10.6 Å². The monoisotopic (exact) mass is 410 g/mol. The highest BCUT2D eigenvalue weighted by Crippen LogP contribution is 2.36. The number of carbonyl (C=O) groups is 1. The van der Waals surface area contributed by atoms with Crippen LogP contribution in [0.5, 0.6) is 17.2 Å². The van der Waals surface area contributed by atoms with Gasteiger partial charge in [0.05, 0.1) is 18.5 Å². The van der Waals surface area contributed by atoms with Crippen LogP contribution in [0.4, 0.5) is 10.1 Å². The van der Waals surface area contributed by atoms with Crippen LogP contribution < -0.4 is 23.8 Å². The highest BCUT2D eigenvalue weighted by molar-refractivity contribution is 7.92. The normalized spacial score (nSPS) is 12.5. The fraction of sp³-hybridized carbons (Fsp3) is 0.278. The Morgan fingerprint density at radius 3 is 2.61 bits per heavy atom. The molecule has 2 aromatic rings. The Bertz CT molecular complexity index is 949. The molecule has 1 aliphatic rings. The molecule has 28 heavy (non-hydrogen) atoms. The molecule has 0 atom stereocenters. The number of nitrogens with zero attached hydrogens (tertiary/aromatic N) is 1. The van der Waals surface area contributed by atoms with Gasteiger partial charge in [-0.1, -0.05) is 0 Å². The number of sulfonamides is 1. The van der Waals surface area contributed by atoms with Crippen molar-refractivity contribution in [1.29, 1.82) is 0 Å². The summed E-state index contributed by atoms with van der Waals surface area (Å²) < 4.78 is 53.9. The van der Waals surface area contributed by atoms with Gasteiger partial charge in [-0.25, -0.2) is 12.8 Å². The number of anilines is 1. The van der Waals surface area contributed by atoms with Crippen LogP contribution in [-0.2, 0) is 14.8 Å². The number of nitrogens with one attached hydrogen (secondary N) is 1. The third-order valence-corrected chi connectivity index (χ3v) is 4.98. The van der Waals surface area contributed by atoms with Gasteiger partial charge in [-0.15, -0.1) is 0 Å². The Morgan fingerprint density at radius 2 is 1.89 bits per heavy atom. The summed E-state index contributed by atoms with van der Waals surface area (Å²) in [6.07, 6.45) is 1.02. The first-order chi connectivity index (χ1) is 13.3. The van der Waals surface area contributed by atoms with Crippen molar-refractivity contribution in [2.75, 3.05) is 37.1 Å². The summed E-state index contributed by atoms with van der Waals surface area (Å²) >= 11 is 0. The Kier molecular flexibility index (Phi) is 5.88. The van der Waals surface area contributed by atoms with Gasteiger partial charge in [0.25, 0.3) is 0 Å². The van der Waals surface area contributed by atoms with Crippen molar-refractivity contribution in [3.05, 3.63) is 48.3 Å². The minimum absolute atomic E-state index is 0.0617. The van der Waals surface area contributed by atoms with Crippen molar-refractivity contribution in [2.24, 2.45) is 0 Å². The number of carbonyl (C=O) groups excluding carboxylic acids is 1. The number of hydrogen-bond acceptors (Lipinski definition) is 6. The zero-order valence-corrected chi connectivity index (χ0v) is 15.9. The Hall–Kier alpha value is -3.01. The molecular weight excluding hydrogens is 391 g/mol. The van der Waals surface area contributed by atoms with Gasteiger partial charge in [0.2, 0.25) is 22.7 Å². The van der Waals surface area contributed by atoms with Gasteiger partial charge in [-0.2, -0.15) is 0 Å². The molecule has 2 aromatic carbocycles. The molecular formula is C18H19FN2O6S. The lowest BCUT2D eigenvalue weighted by molar-refractivity contribution is -0.119. The number of halogens is 1. The van der Waals surface area contributed by atoms with E-state index in [-0.39, 0.29) is 25.8 Å². The summed E-state index contributed by atoms with van der Waals surface area (Å²) in [7, 11) is -3.70. The number of rotatable bonds is 8. The molecule has 8 nitrogen and oxygen atoms in total. The second-order valence-corrected chi connectivity index (χ2v) is 7.87. The molecule has 0 bridgehead atoms. The van der Waals surface area contributed by atoms with Crippen LogP contribution in [0, 0.1) is 5.82 Å². The Morgan fingerprint density at radius 1 is 1.18 bits per heavy atom. The van der Waals surface area contributed by atoms with Gasteiger partial charge in [-0.3, -0.25) is 9.10 Å². The molecule has 1 amide bonds. The molecule has 150 valence electrons. The first kappa shape index (κ1) is 19.7. The summed E-state index contributed by atoms with van der Waals surface area (Å²) in [6.45, 7) is -0.0174. The maximum Gasteiger partial charge on any atom is 0.240 e. The maximum absolute atomic E-state index is 12.8.